The van der Waals surface area contributed by atoms with E-state index in [1.165, 1.54) is 12.8 Å². The quantitative estimate of drug-likeness (QED) is 0.829. The van der Waals surface area contributed by atoms with Gasteiger partial charge in [-0.05, 0) is 43.7 Å². The fourth-order valence-corrected chi connectivity index (χ4v) is 3.35. The molecule has 0 spiro atoms. The Morgan fingerprint density at radius 3 is 2.47 bits per heavy atom. The van der Waals surface area contributed by atoms with Crippen molar-refractivity contribution >= 4 is 0 Å². The van der Waals surface area contributed by atoms with Gasteiger partial charge >= 0.3 is 0 Å². The first-order chi connectivity index (χ1) is 9.03. The van der Waals surface area contributed by atoms with Crippen molar-refractivity contribution in [1.82, 2.24) is 5.32 Å². The van der Waals surface area contributed by atoms with Crippen LogP contribution >= 0.6 is 0 Å². The molecule has 110 valence electrons. The molecule has 1 atom stereocenters. The summed E-state index contributed by atoms with van der Waals surface area (Å²) in [6.07, 6.45) is 7.91. The van der Waals surface area contributed by atoms with Crippen LogP contribution in [0.2, 0.25) is 0 Å². The van der Waals surface area contributed by atoms with E-state index in [2.05, 4.69) is 32.2 Å². The summed E-state index contributed by atoms with van der Waals surface area (Å²) in [5, 5.41) is 3.60. The van der Waals surface area contributed by atoms with Gasteiger partial charge in [-0.25, -0.2) is 0 Å². The van der Waals surface area contributed by atoms with Crippen molar-refractivity contribution in [3.05, 3.63) is 11.8 Å². The van der Waals surface area contributed by atoms with Crippen LogP contribution in [0.4, 0.5) is 0 Å². The molecule has 2 aliphatic rings. The number of methoxy groups -OCH3 is 1. The number of ether oxygens (including phenoxy) is 2. The highest BCUT2D eigenvalue weighted by Crippen LogP contribution is 2.45. The highest BCUT2D eigenvalue weighted by molar-refractivity contribution is 5.16. The smallest absolute Gasteiger partial charge is 0.112 e. The van der Waals surface area contributed by atoms with E-state index in [1.807, 2.05) is 7.11 Å². The van der Waals surface area contributed by atoms with Crippen molar-refractivity contribution in [2.75, 3.05) is 20.3 Å². The fourth-order valence-electron chi connectivity index (χ4n) is 3.35. The van der Waals surface area contributed by atoms with Crippen molar-refractivity contribution in [2.45, 2.75) is 64.5 Å². The van der Waals surface area contributed by atoms with Crippen molar-refractivity contribution in [2.24, 2.45) is 5.41 Å². The standard InChI is InChI=1S/C16H29NO2/c1-5-17-14(13-7-6-12-19-13)16(18-4)10-8-15(2,3)9-11-16/h7,14,17H,5-6,8-12H2,1-4H3. The van der Waals surface area contributed by atoms with Crippen LogP contribution in [0.5, 0.6) is 0 Å². The molecule has 0 saturated heterocycles. The second-order valence-electron chi connectivity index (χ2n) is 6.67. The zero-order valence-corrected chi connectivity index (χ0v) is 12.9. The Hall–Kier alpha value is -0.540. The van der Waals surface area contributed by atoms with E-state index in [-0.39, 0.29) is 11.6 Å². The van der Waals surface area contributed by atoms with Crippen LogP contribution in [-0.4, -0.2) is 31.9 Å². The predicted octanol–water partition coefficient (Wildman–Crippen LogP) is 3.25. The van der Waals surface area contributed by atoms with Crippen LogP contribution in [0.1, 0.15) is 52.9 Å². The number of nitrogens with one attached hydrogen (secondary N) is 1. The van der Waals surface area contributed by atoms with Crippen molar-refractivity contribution < 1.29 is 9.47 Å². The van der Waals surface area contributed by atoms with E-state index >= 15 is 0 Å². The fraction of sp³-hybridized carbons (Fsp3) is 0.875. The summed E-state index contributed by atoms with van der Waals surface area (Å²) in [6.45, 7) is 8.64. The molecule has 3 heteroatoms. The Balaban J connectivity index is 2.17. The maximum absolute atomic E-state index is 6.02. The molecule has 1 heterocycles. The molecule has 1 aliphatic heterocycles. The Kier molecular flexibility index (Phi) is 4.57. The summed E-state index contributed by atoms with van der Waals surface area (Å²) >= 11 is 0. The lowest BCUT2D eigenvalue weighted by molar-refractivity contribution is -0.0865. The SMILES string of the molecule is CCNC(C1=CCCO1)C1(OC)CCC(C)(C)CC1. The number of likely N-dealkylation sites (N-methyl/N-ethyl adjacent to an activating group) is 1. The van der Waals surface area contributed by atoms with E-state index in [4.69, 9.17) is 9.47 Å². The molecule has 0 aromatic rings. The number of rotatable bonds is 5. The van der Waals surface area contributed by atoms with Crippen molar-refractivity contribution in [1.29, 1.82) is 0 Å². The van der Waals surface area contributed by atoms with Crippen molar-refractivity contribution in [3.8, 4) is 0 Å². The Bertz CT molecular complexity index is 326. The van der Waals surface area contributed by atoms with Crippen LogP contribution in [0, 0.1) is 5.41 Å². The maximum atomic E-state index is 6.02. The van der Waals surface area contributed by atoms with Crippen LogP contribution in [0.15, 0.2) is 11.8 Å². The van der Waals surface area contributed by atoms with Gasteiger partial charge in [0.2, 0.25) is 0 Å². The summed E-state index contributed by atoms with van der Waals surface area (Å²) in [5.41, 5.74) is 0.353. The molecule has 2 rings (SSSR count). The lowest BCUT2D eigenvalue weighted by Crippen LogP contribution is -2.55. The molecule has 0 radical (unpaired) electrons. The molecule has 1 saturated carbocycles. The molecule has 0 aromatic heterocycles. The summed E-state index contributed by atoms with van der Waals surface area (Å²) in [5.74, 6) is 1.10. The molecule has 1 N–H and O–H groups in total. The minimum Gasteiger partial charge on any atom is -0.496 e. The van der Waals surface area contributed by atoms with Crippen molar-refractivity contribution in [3.63, 3.8) is 0 Å². The Labute approximate surface area is 117 Å². The number of hydrogen-bond acceptors (Lipinski definition) is 3. The third-order valence-corrected chi connectivity index (χ3v) is 4.81. The minimum absolute atomic E-state index is 0.0955. The highest BCUT2D eigenvalue weighted by Gasteiger charge is 2.46. The van der Waals surface area contributed by atoms with Gasteiger partial charge in [0.05, 0.1) is 18.2 Å². The first-order valence-electron chi connectivity index (χ1n) is 7.64. The van der Waals surface area contributed by atoms with Gasteiger partial charge in [0.15, 0.2) is 0 Å². The molecule has 0 amide bonds. The van der Waals surface area contributed by atoms with Gasteiger partial charge < -0.3 is 14.8 Å². The lowest BCUT2D eigenvalue weighted by atomic mass is 9.68. The summed E-state index contributed by atoms with van der Waals surface area (Å²) in [6, 6.07) is 0.209. The zero-order valence-electron chi connectivity index (χ0n) is 12.9. The van der Waals surface area contributed by atoms with Gasteiger partial charge in [-0.3, -0.25) is 0 Å². The third-order valence-electron chi connectivity index (χ3n) is 4.81. The third kappa shape index (κ3) is 3.14. The molecule has 1 unspecified atom stereocenters. The number of hydrogen-bond donors (Lipinski definition) is 1. The second-order valence-corrected chi connectivity index (χ2v) is 6.67. The molecule has 19 heavy (non-hydrogen) atoms. The molecule has 1 fully saturated rings. The van der Waals surface area contributed by atoms with Gasteiger partial charge in [-0.2, -0.15) is 0 Å². The van der Waals surface area contributed by atoms with E-state index in [0.29, 0.717) is 5.41 Å². The molecular weight excluding hydrogens is 238 g/mol. The largest absolute Gasteiger partial charge is 0.496 e. The predicted molar refractivity (Wildman–Crippen MR) is 78.1 cm³/mol. The van der Waals surface area contributed by atoms with Crippen LogP contribution in [0.3, 0.4) is 0 Å². The monoisotopic (exact) mass is 267 g/mol. The van der Waals surface area contributed by atoms with E-state index in [9.17, 15) is 0 Å². The topological polar surface area (TPSA) is 30.5 Å². The second kappa shape index (κ2) is 5.84. The minimum atomic E-state index is -0.0955. The molecule has 1 aliphatic carbocycles. The zero-order chi connectivity index (χ0) is 13.9. The Morgan fingerprint density at radius 1 is 1.32 bits per heavy atom. The summed E-state index contributed by atoms with van der Waals surface area (Å²) < 4.78 is 11.8. The van der Waals surface area contributed by atoms with Crippen LogP contribution < -0.4 is 5.32 Å². The van der Waals surface area contributed by atoms with Gasteiger partial charge in [-0.1, -0.05) is 20.8 Å². The summed E-state index contributed by atoms with van der Waals surface area (Å²) in [4.78, 5) is 0. The normalized spacial score (nSPS) is 26.6. The van der Waals surface area contributed by atoms with E-state index < -0.39 is 0 Å². The lowest BCUT2D eigenvalue weighted by Gasteiger charge is -2.47. The van der Waals surface area contributed by atoms with Gasteiger partial charge in [0, 0.05) is 13.5 Å². The average Bonchev–Trinajstić information content (AvgIpc) is 2.91. The van der Waals surface area contributed by atoms with Gasteiger partial charge in [-0.15, -0.1) is 0 Å². The molecule has 0 aromatic carbocycles. The molecule has 0 bridgehead atoms. The van der Waals surface area contributed by atoms with Gasteiger partial charge in [0.1, 0.15) is 5.76 Å². The highest BCUT2D eigenvalue weighted by atomic mass is 16.5. The first-order valence-corrected chi connectivity index (χ1v) is 7.64. The Morgan fingerprint density at radius 2 is 2.00 bits per heavy atom. The molecular formula is C16H29NO2. The van der Waals surface area contributed by atoms with E-state index in [1.54, 1.807) is 0 Å². The first kappa shape index (κ1) is 14.9. The maximum Gasteiger partial charge on any atom is 0.112 e. The average molecular weight is 267 g/mol. The summed E-state index contributed by atoms with van der Waals surface area (Å²) in [7, 11) is 1.86. The van der Waals surface area contributed by atoms with E-state index in [0.717, 1.165) is 38.2 Å². The van der Waals surface area contributed by atoms with Gasteiger partial charge in [0.25, 0.3) is 0 Å². The van der Waals surface area contributed by atoms with Crippen LogP contribution in [-0.2, 0) is 9.47 Å². The van der Waals surface area contributed by atoms with Crippen LogP contribution in [0.25, 0.3) is 0 Å². The molecule has 3 nitrogen and oxygen atoms in total.